The van der Waals surface area contributed by atoms with E-state index in [1.165, 1.54) is 0 Å². The van der Waals surface area contributed by atoms with Gasteiger partial charge in [0.25, 0.3) is 11.5 Å². The first-order valence-electron chi connectivity index (χ1n) is 9.58. The van der Waals surface area contributed by atoms with E-state index in [-0.39, 0.29) is 17.4 Å². The molecule has 4 rings (SSSR count). The van der Waals surface area contributed by atoms with Gasteiger partial charge in [0.1, 0.15) is 5.65 Å². The molecule has 7 heteroatoms. The van der Waals surface area contributed by atoms with Crippen LogP contribution < -0.4 is 16.2 Å². The fourth-order valence-electron chi connectivity index (χ4n) is 3.78. The summed E-state index contributed by atoms with van der Waals surface area (Å²) in [4.78, 5) is 28.0. The van der Waals surface area contributed by atoms with Crippen LogP contribution in [0.5, 0.6) is 0 Å². The molecule has 142 valence electrons. The Morgan fingerprint density at radius 3 is 2.85 bits per heavy atom. The van der Waals surface area contributed by atoms with Gasteiger partial charge >= 0.3 is 0 Å². The van der Waals surface area contributed by atoms with Crippen LogP contribution in [0.4, 0.5) is 0 Å². The number of rotatable bonds is 4. The summed E-state index contributed by atoms with van der Waals surface area (Å²) < 4.78 is 1.82. The molecule has 0 atom stereocenters. The molecule has 1 amide bonds. The quantitative estimate of drug-likeness (QED) is 0.658. The van der Waals surface area contributed by atoms with Gasteiger partial charge in [-0.25, -0.2) is 4.52 Å². The van der Waals surface area contributed by atoms with Gasteiger partial charge in [0.05, 0.1) is 22.2 Å². The Labute approximate surface area is 157 Å². The van der Waals surface area contributed by atoms with Crippen LogP contribution in [0.25, 0.3) is 16.6 Å². The molecule has 0 unspecified atom stereocenters. The zero-order valence-electron chi connectivity index (χ0n) is 15.7. The third-order valence-electron chi connectivity index (χ3n) is 5.14. The van der Waals surface area contributed by atoms with Crippen molar-refractivity contribution in [3.63, 3.8) is 0 Å². The summed E-state index contributed by atoms with van der Waals surface area (Å²) in [5, 5.41) is 11.7. The van der Waals surface area contributed by atoms with Gasteiger partial charge in [0, 0.05) is 18.5 Å². The Balaban J connectivity index is 1.88. The third-order valence-corrected chi connectivity index (χ3v) is 5.14. The van der Waals surface area contributed by atoms with Crippen LogP contribution in [-0.2, 0) is 0 Å². The number of aromatic amines is 1. The molecule has 7 nitrogen and oxygen atoms in total. The normalized spacial score (nSPS) is 15.7. The van der Waals surface area contributed by atoms with Gasteiger partial charge in [-0.15, -0.1) is 0 Å². The molecule has 0 bridgehead atoms. The van der Waals surface area contributed by atoms with E-state index >= 15 is 0 Å². The summed E-state index contributed by atoms with van der Waals surface area (Å²) in [5.74, 6) is 0.504. The monoisotopic (exact) mass is 367 g/mol. The molecule has 2 aromatic heterocycles. The van der Waals surface area contributed by atoms with Crippen molar-refractivity contribution >= 4 is 22.5 Å². The Hall–Kier alpha value is -2.67. The minimum atomic E-state index is -0.157. The number of aromatic nitrogens is 3. The molecule has 27 heavy (non-hydrogen) atoms. The molecule has 1 fully saturated rings. The highest BCUT2D eigenvalue weighted by molar-refractivity contribution is 6.11. The van der Waals surface area contributed by atoms with Crippen molar-refractivity contribution < 1.29 is 4.79 Å². The zero-order valence-corrected chi connectivity index (χ0v) is 15.7. The van der Waals surface area contributed by atoms with E-state index in [0.29, 0.717) is 34.6 Å². The lowest BCUT2D eigenvalue weighted by Gasteiger charge is -2.23. The Bertz CT molecular complexity index is 1040. The molecule has 3 heterocycles. The predicted molar refractivity (Wildman–Crippen MR) is 105 cm³/mol. The van der Waals surface area contributed by atoms with E-state index in [1.54, 1.807) is 12.1 Å². The number of hydrogen-bond acceptors (Lipinski definition) is 4. The van der Waals surface area contributed by atoms with Crippen molar-refractivity contribution in [2.45, 2.75) is 32.6 Å². The van der Waals surface area contributed by atoms with Crippen molar-refractivity contribution in [1.29, 1.82) is 0 Å². The predicted octanol–water partition coefficient (Wildman–Crippen LogP) is 2.03. The largest absolute Gasteiger partial charge is 0.352 e. The second-order valence-corrected chi connectivity index (χ2v) is 7.65. The summed E-state index contributed by atoms with van der Waals surface area (Å²) >= 11 is 0. The van der Waals surface area contributed by atoms with E-state index < -0.39 is 0 Å². The highest BCUT2D eigenvalue weighted by atomic mass is 16.1. The van der Waals surface area contributed by atoms with Crippen LogP contribution in [0.3, 0.4) is 0 Å². The number of nitrogens with zero attached hydrogens (tertiary/aromatic N) is 2. The molecule has 1 aromatic carbocycles. The highest BCUT2D eigenvalue weighted by Crippen LogP contribution is 2.28. The van der Waals surface area contributed by atoms with Crippen LogP contribution in [0.2, 0.25) is 0 Å². The summed E-state index contributed by atoms with van der Waals surface area (Å²) in [7, 11) is 0. The van der Waals surface area contributed by atoms with Crippen LogP contribution in [-0.4, -0.2) is 40.1 Å². The zero-order chi connectivity index (χ0) is 19.0. The molecule has 0 radical (unpaired) electrons. The number of hydrogen-bond donors (Lipinski definition) is 3. The van der Waals surface area contributed by atoms with Gasteiger partial charge in [-0.05, 0) is 44.0 Å². The summed E-state index contributed by atoms with van der Waals surface area (Å²) in [5.41, 5.74) is 2.61. The topological polar surface area (TPSA) is 91.3 Å². The van der Waals surface area contributed by atoms with E-state index in [2.05, 4.69) is 29.5 Å². The molecular weight excluding hydrogens is 342 g/mol. The Kier molecular flexibility index (Phi) is 4.70. The molecule has 1 saturated heterocycles. The van der Waals surface area contributed by atoms with Crippen LogP contribution >= 0.6 is 0 Å². The number of carbonyl (C=O) groups excluding carboxylic acids is 1. The van der Waals surface area contributed by atoms with Crippen molar-refractivity contribution in [3.05, 3.63) is 45.9 Å². The summed E-state index contributed by atoms with van der Waals surface area (Å²) in [6, 6.07) is 7.15. The van der Waals surface area contributed by atoms with E-state index in [4.69, 9.17) is 5.10 Å². The maximum absolute atomic E-state index is 12.7. The minimum Gasteiger partial charge on any atom is -0.352 e. The molecule has 0 spiro atoms. The maximum atomic E-state index is 12.7. The molecule has 0 aliphatic carbocycles. The van der Waals surface area contributed by atoms with Crippen molar-refractivity contribution in [3.8, 4) is 0 Å². The third kappa shape index (κ3) is 3.35. The van der Waals surface area contributed by atoms with Crippen LogP contribution in [0, 0.1) is 5.92 Å². The Morgan fingerprint density at radius 2 is 2.11 bits per heavy atom. The number of benzene rings is 1. The number of nitrogens with one attached hydrogen (secondary N) is 3. The lowest BCUT2D eigenvalue weighted by molar-refractivity contribution is 0.0950. The van der Waals surface area contributed by atoms with Gasteiger partial charge in [-0.3, -0.25) is 9.59 Å². The molecule has 3 N–H and O–H groups in total. The first kappa shape index (κ1) is 17.7. The maximum Gasteiger partial charge on any atom is 0.252 e. The molecule has 1 aliphatic heterocycles. The van der Waals surface area contributed by atoms with Gasteiger partial charge in [-0.2, -0.15) is 5.10 Å². The van der Waals surface area contributed by atoms with E-state index in [0.717, 1.165) is 31.6 Å². The average molecular weight is 367 g/mol. The second kappa shape index (κ2) is 7.15. The fraction of sp³-hybridized carbons (Fsp3) is 0.450. The first-order chi connectivity index (χ1) is 13.0. The van der Waals surface area contributed by atoms with Crippen LogP contribution in [0.15, 0.2) is 29.1 Å². The van der Waals surface area contributed by atoms with Crippen LogP contribution in [0.1, 0.15) is 48.7 Å². The Morgan fingerprint density at radius 1 is 1.33 bits per heavy atom. The lowest BCUT2D eigenvalue weighted by atomic mass is 9.94. The number of H-pyrrole nitrogens is 1. The van der Waals surface area contributed by atoms with Crippen molar-refractivity contribution in [2.75, 3.05) is 19.6 Å². The summed E-state index contributed by atoms with van der Waals surface area (Å²) in [6.45, 7) is 6.58. The fourth-order valence-corrected chi connectivity index (χ4v) is 3.78. The van der Waals surface area contributed by atoms with Crippen molar-refractivity contribution in [1.82, 2.24) is 25.2 Å². The first-order valence-corrected chi connectivity index (χ1v) is 9.58. The molecule has 3 aromatic rings. The average Bonchev–Trinajstić information content (AvgIpc) is 3.04. The minimum absolute atomic E-state index is 0.141. The van der Waals surface area contributed by atoms with Gasteiger partial charge < -0.3 is 15.6 Å². The smallest absolute Gasteiger partial charge is 0.252 e. The van der Waals surface area contributed by atoms with Gasteiger partial charge in [0.15, 0.2) is 0 Å². The second-order valence-electron chi connectivity index (χ2n) is 7.65. The van der Waals surface area contributed by atoms with E-state index in [9.17, 15) is 9.59 Å². The lowest BCUT2D eigenvalue weighted by Crippen LogP contribution is -2.28. The van der Waals surface area contributed by atoms with Gasteiger partial charge in [0.2, 0.25) is 0 Å². The number of piperidine rings is 1. The standard InChI is InChI=1S/C20H25N5O2/c1-12(2)11-22-20(27)14-4-3-5-15-18(14)19-23-17(26)10-16(25(19)24-15)13-6-8-21-9-7-13/h3-5,10,12-13,21H,6-9,11H2,1-2H3,(H,22,27)(H,23,26). The van der Waals surface area contributed by atoms with Gasteiger partial charge in [-0.1, -0.05) is 19.9 Å². The van der Waals surface area contributed by atoms with Crippen molar-refractivity contribution in [2.24, 2.45) is 5.92 Å². The molecule has 0 saturated carbocycles. The molecular formula is C20H25N5O2. The SMILES string of the molecule is CC(C)CNC(=O)c1cccc2nn3c(C4CCNCC4)cc(=O)[nH]c3c12. The highest BCUT2D eigenvalue weighted by Gasteiger charge is 2.22. The molecule has 1 aliphatic rings. The number of carbonyl (C=O) groups is 1. The number of amides is 1. The summed E-state index contributed by atoms with van der Waals surface area (Å²) in [6.07, 6.45) is 1.94. The number of fused-ring (bicyclic) bond motifs is 3. The van der Waals surface area contributed by atoms with E-state index in [1.807, 2.05) is 16.6 Å².